The molecule has 0 aliphatic heterocycles. The van der Waals surface area contributed by atoms with Crippen molar-refractivity contribution in [2.24, 2.45) is 5.92 Å². The first-order chi connectivity index (χ1) is 8.08. The van der Waals surface area contributed by atoms with Gasteiger partial charge in [0.2, 0.25) is 0 Å². The third kappa shape index (κ3) is 2.55. The fourth-order valence-corrected chi connectivity index (χ4v) is 2.25. The lowest BCUT2D eigenvalue weighted by Gasteiger charge is -2.10. The summed E-state index contributed by atoms with van der Waals surface area (Å²) in [6, 6.07) is 12.3. The number of rotatable bonds is 3. The van der Waals surface area contributed by atoms with E-state index in [2.05, 4.69) is 26.0 Å². The topological polar surface area (TPSA) is 17.1 Å². The van der Waals surface area contributed by atoms with Crippen LogP contribution >= 0.6 is 0 Å². The average molecular weight is 226 g/mol. The quantitative estimate of drug-likeness (QED) is 0.715. The van der Waals surface area contributed by atoms with Crippen LogP contribution in [-0.2, 0) is 6.42 Å². The molecule has 1 heteroatoms. The number of ketones is 1. The van der Waals surface area contributed by atoms with E-state index in [1.165, 1.54) is 5.56 Å². The normalized spacial score (nSPS) is 11.1. The lowest BCUT2D eigenvalue weighted by molar-refractivity contribution is 0.101. The van der Waals surface area contributed by atoms with Crippen LogP contribution in [-0.4, -0.2) is 5.78 Å². The minimum absolute atomic E-state index is 0.145. The molecule has 0 N–H and O–H groups in total. The highest BCUT2D eigenvalue weighted by Crippen LogP contribution is 2.23. The number of hydrogen-bond donors (Lipinski definition) is 0. The summed E-state index contributed by atoms with van der Waals surface area (Å²) in [6.07, 6.45) is 1.02. The molecule has 0 saturated carbocycles. The van der Waals surface area contributed by atoms with Gasteiger partial charge in [-0.3, -0.25) is 4.79 Å². The van der Waals surface area contributed by atoms with Crippen molar-refractivity contribution >= 4 is 16.6 Å². The fourth-order valence-electron chi connectivity index (χ4n) is 2.25. The molecule has 0 saturated heterocycles. The second-order valence-electron chi connectivity index (χ2n) is 5.02. The maximum Gasteiger partial charge on any atom is 0.160 e. The van der Waals surface area contributed by atoms with E-state index in [0.29, 0.717) is 5.92 Å². The standard InChI is InChI=1S/C16H18O/c1-11(2)8-13-9-14-6-4-5-7-15(14)16(10-13)12(3)17/h4-7,9-11H,8H2,1-3H3. The Kier molecular flexibility index (Phi) is 3.28. The Morgan fingerprint density at radius 3 is 2.53 bits per heavy atom. The zero-order valence-electron chi connectivity index (χ0n) is 10.7. The molecule has 0 bridgehead atoms. The van der Waals surface area contributed by atoms with E-state index >= 15 is 0 Å². The lowest BCUT2D eigenvalue weighted by atomic mass is 9.94. The third-order valence-corrected chi connectivity index (χ3v) is 2.94. The van der Waals surface area contributed by atoms with E-state index in [9.17, 15) is 4.79 Å². The van der Waals surface area contributed by atoms with Gasteiger partial charge in [-0.1, -0.05) is 44.2 Å². The van der Waals surface area contributed by atoms with Gasteiger partial charge in [0.1, 0.15) is 0 Å². The molecule has 2 aromatic rings. The van der Waals surface area contributed by atoms with Crippen molar-refractivity contribution < 1.29 is 4.79 Å². The summed E-state index contributed by atoms with van der Waals surface area (Å²) in [4.78, 5) is 11.7. The van der Waals surface area contributed by atoms with Crippen LogP contribution in [0, 0.1) is 5.92 Å². The van der Waals surface area contributed by atoms with Crippen LogP contribution in [0.2, 0.25) is 0 Å². The van der Waals surface area contributed by atoms with E-state index < -0.39 is 0 Å². The van der Waals surface area contributed by atoms with Crippen LogP contribution in [0.15, 0.2) is 36.4 Å². The predicted molar refractivity (Wildman–Crippen MR) is 72.5 cm³/mol. The molecular formula is C16H18O. The molecule has 0 heterocycles. The predicted octanol–water partition coefficient (Wildman–Crippen LogP) is 4.24. The Morgan fingerprint density at radius 2 is 1.88 bits per heavy atom. The van der Waals surface area contributed by atoms with Gasteiger partial charge >= 0.3 is 0 Å². The molecule has 0 unspecified atom stereocenters. The minimum Gasteiger partial charge on any atom is -0.294 e. The van der Waals surface area contributed by atoms with E-state index in [1.807, 2.05) is 24.3 Å². The molecule has 0 aromatic heterocycles. The lowest BCUT2D eigenvalue weighted by Crippen LogP contribution is -1.99. The minimum atomic E-state index is 0.145. The smallest absolute Gasteiger partial charge is 0.160 e. The summed E-state index contributed by atoms with van der Waals surface area (Å²) in [5.74, 6) is 0.753. The highest BCUT2D eigenvalue weighted by Gasteiger charge is 2.08. The first kappa shape index (κ1) is 11.8. The van der Waals surface area contributed by atoms with Gasteiger partial charge in [0.25, 0.3) is 0 Å². The first-order valence-electron chi connectivity index (χ1n) is 6.10. The number of fused-ring (bicyclic) bond motifs is 1. The SMILES string of the molecule is CC(=O)c1cc(CC(C)C)cc2ccccc12. The molecule has 0 spiro atoms. The Balaban J connectivity index is 2.63. The van der Waals surface area contributed by atoms with Crippen LogP contribution in [0.5, 0.6) is 0 Å². The molecule has 1 nitrogen and oxygen atoms in total. The average Bonchev–Trinajstić information content (AvgIpc) is 2.27. The molecule has 2 rings (SSSR count). The van der Waals surface area contributed by atoms with Crippen LogP contribution < -0.4 is 0 Å². The summed E-state index contributed by atoms with van der Waals surface area (Å²) < 4.78 is 0. The summed E-state index contributed by atoms with van der Waals surface area (Å²) in [7, 11) is 0. The molecule has 0 aliphatic rings. The van der Waals surface area contributed by atoms with Crippen molar-refractivity contribution in [2.75, 3.05) is 0 Å². The molecule has 0 aliphatic carbocycles. The second-order valence-corrected chi connectivity index (χ2v) is 5.02. The highest BCUT2D eigenvalue weighted by atomic mass is 16.1. The highest BCUT2D eigenvalue weighted by molar-refractivity contribution is 6.07. The van der Waals surface area contributed by atoms with Crippen molar-refractivity contribution in [2.45, 2.75) is 27.2 Å². The first-order valence-corrected chi connectivity index (χ1v) is 6.10. The van der Waals surface area contributed by atoms with E-state index in [4.69, 9.17) is 0 Å². The van der Waals surface area contributed by atoms with Crippen molar-refractivity contribution in [3.05, 3.63) is 47.5 Å². The third-order valence-electron chi connectivity index (χ3n) is 2.94. The monoisotopic (exact) mass is 226 g/mol. The van der Waals surface area contributed by atoms with E-state index in [-0.39, 0.29) is 5.78 Å². The molecule has 0 amide bonds. The molecule has 17 heavy (non-hydrogen) atoms. The van der Waals surface area contributed by atoms with Crippen molar-refractivity contribution in [1.29, 1.82) is 0 Å². The van der Waals surface area contributed by atoms with E-state index in [1.54, 1.807) is 6.92 Å². The largest absolute Gasteiger partial charge is 0.294 e. The number of carbonyl (C=O) groups is 1. The molecule has 2 aromatic carbocycles. The second kappa shape index (κ2) is 4.70. The van der Waals surface area contributed by atoms with Crippen molar-refractivity contribution in [3.8, 4) is 0 Å². The van der Waals surface area contributed by atoms with E-state index in [0.717, 1.165) is 22.8 Å². The molecule has 0 fully saturated rings. The number of Topliss-reactive ketones (excluding diaryl/α,β-unsaturated/α-hetero) is 1. The van der Waals surface area contributed by atoms with Gasteiger partial charge in [0, 0.05) is 5.56 Å². The Labute approximate surface area is 102 Å². The Bertz CT molecular complexity index is 552. The Morgan fingerprint density at radius 1 is 1.18 bits per heavy atom. The van der Waals surface area contributed by atoms with Gasteiger partial charge in [-0.25, -0.2) is 0 Å². The maximum atomic E-state index is 11.7. The van der Waals surface area contributed by atoms with Gasteiger partial charge < -0.3 is 0 Å². The van der Waals surface area contributed by atoms with Crippen molar-refractivity contribution in [1.82, 2.24) is 0 Å². The summed E-state index contributed by atoms with van der Waals surface area (Å²) in [6.45, 7) is 6.03. The molecule has 0 radical (unpaired) electrons. The molecule has 88 valence electrons. The Hall–Kier alpha value is -1.63. The summed E-state index contributed by atoms with van der Waals surface area (Å²) in [5, 5.41) is 2.23. The van der Waals surface area contributed by atoms with Crippen LogP contribution in [0.3, 0.4) is 0 Å². The van der Waals surface area contributed by atoms with Gasteiger partial charge in [0.15, 0.2) is 5.78 Å². The van der Waals surface area contributed by atoms with Crippen LogP contribution in [0.4, 0.5) is 0 Å². The van der Waals surface area contributed by atoms with Gasteiger partial charge in [0.05, 0.1) is 0 Å². The number of carbonyl (C=O) groups excluding carboxylic acids is 1. The van der Waals surface area contributed by atoms with Crippen LogP contribution in [0.1, 0.15) is 36.7 Å². The zero-order chi connectivity index (χ0) is 12.4. The van der Waals surface area contributed by atoms with Gasteiger partial charge in [-0.05, 0) is 41.7 Å². The number of hydrogen-bond acceptors (Lipinski definition) is 1. The number of benzene rings is 2. The summed E-state index contributed by atoms with van der Waals surface area (Å²) >= 11 is 0. The van der Waals surface area contributed by atoms with Crippen molar-refractivity contribution in [3.63, 3.8) is 0 Å². The summed E-state index contributed by atoms with van der Waals surface area (Å²) in [5.41, 5.74) is 2.10. The fraction of sp³-hybridized carbons (Fsp3) is 0.312. The molecule has 0 atom stereocenters. The maximum absolute atomic E-state index is 11.7. The molecular weight excluding hydrogens is 208 g/mol. The zero-order valence-corrected chi connectivity index (χ0v) is 10.7. The van der Waals surface area contributed by atoms with Crippen LogP contribution in [0.25, 0.3) is 10.8 Å². The van der Waals surface area contributed by atoms with Gasteiger partial charge in [-0.15, -0.1) is 0 Å². The van der Waals surface area contributed by atoms with Gasteiger partial charge in [-0.2, -0.15) is 0 Å².